The van der Waals surface area contributed by atoms with Gasteiger partial charge in [0.25, 0.3) is 0 Å². The van der Waals surface area contributed by atoms with Gasteiger partial charge < -0.3 is 34.3 Å². The fourth-order valence-electron chi connectivity index (χ4n) is 11.2. The molecule has 0 radical (unpaired) electrons. The molecule has 5 aliphatic heterocycles. The first-order valence-electron chi connectivity index (χ1n) is 30.8. The van der Waals surface area contributed by atoms with E-state index >= 15 is 0 Å². The van der Waals surface area contributed by atoms with Crippen molar-refractivity contribution < 1.29 is 34.8 Å². The predicted molar refractivity (Wildman–Crippen MR) is 343 cm³/mol. The maximum absolute atomic E-state index is 14.3. The molecule has 0 atom stereocenters. The lowest BCUT2D eigenvalue weighted by molar-refractivity contribution is -0.132. The highest BCUT2D eigenvalue weighted by molar-refractivity contribution is 7.89. The number of rotatable bonds is 14. The van der Waals surface area contributed by atoms with Crippen LogP contribution < -0.4 is 19.6 Å². The van der Waals surface area contributed by atoms with Crippen molar-refractivity contribution in [3.05, 3.63) is 113 Å². The zero-order valence-corrected chi connectivity index (χ0v) is 54.9. The van der Waals surface area contributed by atoms with Gasteiger partial charge in [0.05, 0.1) is 35.6 Å². The molecule has 0 spiro atoms. The fourth-order valence-corrected chi connectivity index (χ4v) is 13.1. The Balaban J connectivity index is 0.000000182. The van der Waals surface area contributed by atoms with Crippen molar-refractivity contribution in [2.45, 2.75) is 105 Å². The molecule has 1 amide bonds. The molecule has 5 aliphatic rings. The van der Waals surface area contributed by atoms with Gasteiger partial charge in [-0.3, -0.25) is 9.69 Å². The number of carbonyl (C=O) groups is 1. The SMILES string of the molecule is CC(C)c1ccc(N2CCN(C(=O)CN(C)C)CC2)c(F)c1.CC(C)c1ccc(N2CCN(C3CCN(C)CC3)CC2)nc1.CC(C)c1ccc(N2CCN(S(C)(=O)=O)CC2)c(F)c1.CCS(=O)(=O)N1CCN(c2ccc(C(C)C)cc2F)CC1. The van der Waals surface area contributed by atoms with Crippen LogP contribution >= 0.6 is 0 Å². The predicted octanol–water partition coefficient (Wildman–Crippen LogP) is 9.03. The van der Waals surface area contributed by atoms with Gasteiger partial charge in [-0.05, 0) is 142 Å². The zero-order valence-electron chi connectivity index (χ0n) is 53.3. The first-order valence-corrected chi connectivity index (χ1v) is 34.2. The van der Waals surface area contributed by atoms with Gasteiger partial charge in [0.2, 0.25) is 26.0 Å². The van der Waals surface area contributed by atoms with Gasteiger partial charge in [-0.1, -0.05) is 79.7 Å². The van der Waals surface area contributed by atoms with Gasteiger partial charge in [0.1, 0.15) is 23.3 Å². The summed E-state index contributed by atoms with van der Waals surface area (Å²) in [5.74, 6) is 2.24. The summed E-state index contributed by atoms with van der Waals surface area (Å²) in [6.07, 6.45) is 5.92. The van der Waals surface area contributed by atoms with Gasteiger partial charge in [0, 0.05) is 117 Å². The van der Waals surface area contributed by atoms with E-state index in [2.05, 4.69) is 66.6 Å². The zero-order chi connectivity index (χ0) is 62.3. The molecule has 0 aliphatic carbocycles. The van der Waals surface area contributed by atoms with E-state index in [1.807, 2.05) is 96.8 Å². The molecule has 0 saturated carbocycles. The highest BCUT2D eigenvalue weighted by atomic mass is 32.2. The summed E-state index contributed by atoms with van der Waals surface area (Å²) in [5, 5.41) is 0. The summed E-state index contributed by atoms with van der Waals surface area (Å²) in [6, 6.07) is 21.3. The number of hydrogen-bond donors (Lipinski definition) is 0. The van der Waals surface area contributed by atoms with Crippen LogP contribution in [0.15, 0.2) is 72.9 Å². The second-order valence-electron chi connectivity index (χ2n) is 24.8. The monoisotopic (exact) mass is 1220 g/mol. The third-order valence-electron chi connectivity index (χ3n) is 17.0. The van der Waals surface area contributed by atoms with Crippen LogP contribution in [0.3, 0.4) is 0 Å². The van der Waals surface area contributed by atoms with Gasteiger partial charge in [0.15, 0.2) is 0 Å². The van der Waals surface area contributed by atoms with Crippen LogP contribution in [0.5, 0.6) is 0 Å². The van der Waals surface area contributed by atoms with Crippen LogP contribution in [-0.2, 0) is 24.8 Å². The second kappa shape index (κ2) is 31.7. The van der Waals surface area contributed by atoms with Gasteiger partial charge in [-0.25, -0.2) is 35.0 Å². The Kier molecular flexibility index (Phi) is 25.8. The van der Waals surface area contributed by atoms with E-state index in [0.717, 1.165) is 41.6 Å². The van der Waals surface area contributed by atoms with Crippen molar-refractivity contribution in [3.63, 3.8) is 0 Å². The highest BCUT2D eigenvalue weighted by Gasteiger charge is 2.30. The van der Waals surface area contributed by atoms with Crippen LogP contribution in [0.4, 0.5) is 36.1 Å². The lowest BCUT2D eigenvalue weighted by Gasteiger charge is -2.42. The number of carbonyl (C=O) groups excluding carboxylic acids is 1. The molecule has 21 heteroatoms. The van der Waals surface area contributed by atoms with Crippen LogP contribution in [0.25, 0.3) is 0 Å². The molecule has 3 aromatic carbocycles. The normalized spacial score (nSPS) is 18.4. The number of sulfonamides is 2. The summed E-state index contributed by atoms with van der Waals surface area (Å²) in [7, 11) is -0.275. The number of likely N-dealkylation sites (N-methyl/N-ethyl adjacent to an activating group) is 1. The van der Waals surface area contributed by atoms with Crippen molar-refractivity contribution in [2.75, 3.05) is 177 Å². The molecule has 4 aromatic rings. The van der Waals surface area contributed by atoms with E-state index in [4.69, 9.17) is 0 Å². The molecule has 0 bridgehead atoms. The van der Waals surface area contributed by atoms with Gasteiger partial charge >= 0.3 is 0 Å². The summed E-state index contributed by atoms with van der Waals surface area (Å²) in [5.41, 5.74) is 6.05. The number of likely N-dealkylation sites (tertiary alicyclic amines) is 1. The molecule has 5 fully saturated rings. The quantitative estimate of drug-likeness (QED) is 0.119. The molecule has 474 valence electrons. The number of halogens is 3. The summed E-state index contributed by atoms with van der Waals surface area (Å²) < 4.78 is 92.1. The number of aromatic nitrogens is 1. The largest absolute Gasteiger partial charge is 0.367 e. The Bertz CT molecular complexity index is 2950. The summed E-state index contributed by atoms with van der Waals surface area (Å²) >= 11 is 0. The van der Waals surface area contributed by atoms with Crippen LogP contribution in [0.2, 0.25) is 0 Å². The topological polar surface area (TPSA) is 131 Å². The Labute approximate surface area is 509 Å². The molecule has 1 aromatic heterocycles. The van der Waals surface area contributed by atoms with Crippen LogP contribution in [0, 0.1) is 17.5 Å². The number of benzene rings is 3. The van der Waals surface area contributed by atoms with Crippen molar-refractivity contribution in [2.24, 2.45) is 0 Å². The van der Waals surface area contributed by atoms with Crippen molar-refractivity contribution in [3.8, 4) is 0 Å². The number of piperazine rings is 4. The van der Waals surface area contributed by atoms with E-state index < -0.39 is 20.0 Å². The summed E-state index contributed by atoms with van der Waals surface area (Å²) in [4.78, 5) is 33.9. The fraction of sp³-hybridized carbons (Fsp3) is 0.625. The maximum Gasteiger partial charge on any atom is 0.236 e. The Morgan fingerprint density at radius 3 is 1.25 bits per heavy atom. The third-order valence-corrected chi connectivity index (χ3v) is 20.2. The minimum absolute atomic E-state index is 0.116. The number of hydrogen-bond acceptors (Lipinski definition) is 13. The van der Waals surface area contributed by atoms with Crippen molar-refractivity contribution >= 4 is 48.8 Å². The van der Waals surface area contributed by atoms with E-state index in [-0.39, 0.29) is 29.1 Å². The van der Waals surface area contributed by atoms with Gasteiger partial charge in [-0.2, -0.15) is 8.61 Å². The average Bonchev–Trinajstić information content (AvgIpc) is 3.61. The molecular formula is C64H100F3N11O5S2. The third kappa shape index (κ3) is 20.0. The smallest absolute Gasteiger partial charge is 0.236 e. The number of nitrogens with zero attached hydrogens (tertiary/aromatic N) is 11. The molecule has 0 unspecified atom stereocenters. The number of anilines is 4. The van der Waals surface area contributed by atoms with E-state index in [1.54, 1.807) is 37.3 Å². The molecule has 9 rings (SSSR count). The number of piperidine rings is 1. The highest BCUT2D eigenvalue weighted by Crippen LogP contribution is 2.29. The summed E-state index contributed by atoms with van der Waals surface area (Å²) in [6.45, 7) is 32.2. The maximum atomic E-state index is 14.3. The number of amides is 1. The van der Waals surface area contributed by atoms with Crippen LogP contribution in [0.1, 0.15) is 121 Å². The molecule has 5 saturated heterocycles. The Morgan fingerprint density at radius 2 is 0.906 bits per heavy atom. The Morgan fingerprint density at radius 1 is 0.529 bits per heavy atom. The minimum Gasteiger partial charge on any atom is -0.367 e. The minimum atomic E-state index is -3.15. The molecule has 0 N–H and O–H groups in total. The van der Waals surface area contributed by atoms with E-state index in [0.29, 0.717) is 126 Å². The standard InChI is InChI=1S/C18H30N4.C17H26FN3O.C15H23FN2O2S.C14H21FN2O2S/c1-15(2)16-4-5-18(19-14-16)22-12-10-21(11-13-22)17-6-8-20(3)9-7-17;1-13(2)14-5-6-16(15(18)11-14)20-7-9-21(10-8-20)17(22)12-19(3)4;1-4-21(19,20)18-9-7-17(8-10-18)15-6-5-13(12(2)3)11-14(15)16;1-11(2)12-4-5-14(13(15)10-12)16-6-8-17(9-7-16)20(3,18)19/h4-5,14-15,17H,6-13H2,1-3H3;5-6,11,13H,7-10,12H2,1-4H3;5-6,11-12H,4,7-10H2,1-3H3;4-5,10-11H,6-9H2,1-3H3. The Hall–Kier alpha value is -5.03. The lowest BCUT2D eigenvalue weighted by Crippen LogP contribution is -2.53. The van der Waals surface area contributed by atoms with Crippen LogP contribution in [-0.4, -0.2) is 219 Å². The molecule has 85 heavy (non-hydrogen) atoms. The number of pyridine rings is 1. The second-order valence-corrected chi connectivity index (χ2v) is 29.0. The first kappa shape index (κ1) is 69.1. The van der Waals surface area contributed by atoms with Gasteiger partial charge in [-0.15, -0.1) is 0 Å². The molecular weight excluding hydrogens is 1120 g/mol. The van der Waals surface area contributed by atoms with Crippen molar-refractivity contribution in [1.29, 1.82) is 0 Å². The van der Waals surface area contributed by atoms with E-state index in [1.165, 1.54) is 59.5 Å². The van der Waals surface area contributed by atoms with E-state index in [9.17, 15) is 34.8 Å². The molecule has 16 nitrogen and oxygen atoms in total. The van der Waals surface area contributed by atoms with Crippen molar-refractivity contribution in [1.82, 2.24) is 33.2 Å². The average molecular weight is 1220 g/mol. The molecule has 6 heterocycles. The first-order chi connectivity index (χ1) is 40.1. The lowest BCUT2D eigenvalue weighted by atomic mass is 10.0.